The molecular weight excluding hydrogens is 180 g/mol. The second-order valence-electron chi connectivity index (χ2n) is 3.87. The van der Waals surface area contributed by atoms with Crippen molar-refractivity contribution in [1.29, 1.82) is 0 Å². The van der Waals surface area contributed by atoms with Crippen molar-refractivity contribution in [2.75, 3.05) is 32.7 Å². The number of rotatable bonds is 5. The lowest BCUT2D eigenvalue weighted by Gasteiger charge is -2.38. The molecule has 0 aromatic rings. The molecule has 0 saturated carbocycles. The van der Waals surface area contributed by atoms with Crippen molar-refractivity contribution < 1.29 is 9.90 Å². The Morgan fingerprint density at radius 1 is 1.43 bits per heavy atom. The molecule has 0 aromatic heterocycles. The number of likely N-dealkylation sites (tertiary alicyclic amines) is 1. The van der Waals surface area contributed by atoms with E-state index in [1.54, 1.807) is 0 Å². The van der Waals surface area contributed by atoms with Crippen molar-refractivity contribution >= 4 is 6.09 Å². The molecule has 0 spiro atoms. The van der Waals surface area contributed by atoms with Gasteiger partial charge in [0.2, 0.25) is 0 Å². The summed E-state index contributed by atoms with van der Waals surface area (Å²) in [4.78, 5) is 14.4. The maximum absolute atomic E-state index is 10.5. The number of carbonyl (C=O) groups is 1. The maximum atomic E-state index is 10.5. The van der Waals surface area contributed by atoms with Gasteiger partial charge in [0.1, 0.15) is 0 Å². The average Bonchev–Trinajstić information content (AvgIpc) is 2.08. The van der Waals surface area contributed by atoms with Gasteiger partial charge in [0.25, 0.3) is 0 Å². The van der Waals surface area contributed by atoms with E-state index in [-0.39, 0.29) is 0 Å². The number of carboxylic acid groups (broad SMARTS) is 1. The lowest BCUT2D eigenvalue weighted by atomic mass is 9.97. The number of amides is 1. The van der Waals surface area contributed by atoms with Gasteiger partial charge in [-0.25, -0.2) is 4.79 Å². The third-order valence-corrected chi connectivity index (χ3v) is 2.98. The average molecular weight is 200 g/mol. The van der Waals surface area contributed by atoms with Crippen LogP contribution in [0.3, 0.4) is 0 Å². The molecule has 0 unspecified atom stereocenters. The Balaban J connectivity index is 2.08. The van der Waals surface area contributed by atoms with E-state index in [2.05, 4.69) is 18.7 Å². The van der Waals surface area contributed by atoms with Gasteiger partial charge in [0.05, 0.1) is 0 Å². The summed E-state index contributed by atoms with van der Waals surface area (Å²) in [7, 11) is 0. The van der Waals surface area contributed by atoms with Crippen LogP contribution in [0, 0.1) is 5.92 Å². The lowest BCUT2D eigenvalue weighted by Crippen LogP contribution is -2.50. The molecule has 1 heterocycles. The summed E-state index contributed by atoms with van der Waals surface area (Å²) >= 11 is 0. The highest BCUT2D eigenvalue weighted by atomic mass is 16.4. The standard InChI is InChI=1S/C10H20N2O2/c1-3-11(4-2)6-5-9-7-12(8-9)10(13)14/h9H,3-8H2,1-2H3,(H,13,14). The molecule has 1 aliphatic heterocycles. The van der Waals surface area contributed by atoms with Crippen LogP contribution < -0.4 is 0 Å². The third kappa shape index (κ3) is 2.87. The van der Waals surface area contributed by atoms with E-state index in [0.717, 1.165) is 39.1 Å². The molecule has 1 amide bonds. The van der Waals surface area contributed by atoms with E-state index < -0.39 is 6.09 Å². The van der Waals surface area contributed by atoms with E-state index in [4.69, 9.17) is 5.11 Å². The number of nitrogens with zero attached hydrogens (tertiary/aromatic N) is 2. The molecule has 0 bridgehead atoms. The van der Waals surface area contributed by atoms with E-state index in [9.17, 15) is 4.79 Å². The Morgan fingerprint density at radius 3 is 2.43 bits per heavy atom. The molecule has 14 heavy (non-hydrogen) atoms. The van der Waals surface area contributed by atoms with Crippen molar-refractivity contribution in [3.05, 3.63) is 0 Å². The van der Waals surface area contributed by atoms with Crippen LogP contribution in [0.1, 0.15) is 20.3 Å². The molecule has 0 aliphatic carbocycles. The highest BCUT2D eigenvalue weighted by Gasteiger charge is 2.29. The third-order valence-electron chi connectivity index (χ3n) is 2.98. The van der Waals surface area contributed by atoms with Crippen LogP contribution in [0.2, 0.25) is 0 Å². The highest BCUT2D eigenvalue weighted by Crippen LogP contribution is 2.19. The Labute approximate surface area is 85.5 Å². The first-order chi connectivity index (χ1) is 6.67. The van der Waals surface area contributed by atoms with Gasteiger partial charge < -0.3 is 14.9 Å². The fraction of sp³-hybridized carbons (Fsp3) is 0.900. The van der Waals surface area contributed by atoms with E-state index in [1.165, 1.54) is 4.90 Å². The Hall–Kier alpha value is -0.770. The van der Waals surface area contributed by atoms with Crippen molar-refractivity contribution in [3.8, 4) is 0 Å². The van der Waals surface area contributed by atoms with Gasteiger partial charge in [0, 0.05) is 13.1 Å². The summed E-state index contributed by atoms with van der Waals surface area (Å²) in [5.41, 5.74) is 0. The van der Waals surface area contributed by atoms with Crippen molar-refractivity contribution in [1.82, 2.24) is 9.80 Å². The van der Waals surface area contributed by atoms with Gasteiger partial charge >= 0.3 is 6.09 Å². The molecule has 1 aliphatic rings. The first-order valence-electron chi connectivity index (χ1n) is 5.37. The van der Waals surface area contributed by atoms with E-state index in [0.29, 0.717) is 5.92 Å². The first-order valence-corrected chi connectivity index (χ1v) is 5.37. The molecule has 82 valence electrons. The van der Waals surface area contributed by atoms with Gasteiger partial charge in [0.15, 0.2) is 0 Å². The Morgan fingerprint density at radius 2 is 2.00 bits per heavy atom. The quantitative estimate of drug-likeness (QED) is 0.728. The molecular formula is C10H20N2O2. The maximum Gasteiger partial charge on any atom is 0.407 e. The molecule has 0 radical (unpaired) electrons. The van der Waals surface area contributed by atoms with Crippen LogP contribution >= 0.6 is 0 Å². The molecule has 1 N–H and O–H groups in total. The first kappa shape index (κ1) is 11.3. The number of hydrogen-bond donors (Lipinski definition) is 1. The topological polar surface area (TPSA) is 43.8 Å². The molecule has 4 heteroatoms. The van der Waals surface area contributed by atoms with Gasteiger partial charge in [-0.15, -0.1) is 0 Å². The zero-order valence-corrected chi connectivity index (χ0v) is 9.07. The van der Waals surface area contributed by atoms with Crippen molar-refractivity contribution in [2.24, 2.45) is 5.92 Å². The minimum Gasteiger partial charge on any atom is -0.465 e. The van der Waals surface area contributed by atoms with Crippen LogP contribution in [0.4, 0.5) is 4.79 Å². The molecule has 0 atom stereocenters. The number of hydrogen-bond acceptors (Lipinski definition) is 2. The second kappa shape index (κ2) is 5.20. The van der Waals surface area contributed by atoms with Crippen LogP contribution in [0.25, 0.3) is 0 Å². The predicted octanol–water partition coefficient (Wildman–Crippen LogP) is 1.33. The van der Waals surface area contributed by atoms with Crippen LogP contribution in [-0.4, -0.2) is 53.7 Å². The predicted molar refractivity (Wildman–Crippen MR) is 55.5 cm³/mol. The minimum atomic E-state index is -0.774. The monoisotopic (exact) mass is 200 g/mol. The van der Waals surface area contributed by atoms with Gasteiger partial charge in [-0.05, 0) is 32.0 Å². The summed E-state index contributed by atoms with van der Waals surface area (Å²) in [5, 5.41) is 8.64. The van der Waals surface area contributed by atoms with Crippen LogP contribution in [-0.2, 0) is 0 Å². The summed E-state index contributed by atoms with van der Waals surface area (Å²) in [6.07, 6.45) is 0.356. The summed E-state index contributed by atoms with van der Waals surface area (Å²) < 4.78 is 0. The second-order valence-corrected chi connectivity index (χ2v) is 3.87. The van der Waals surface area contributed by atoms with Gasteiger partial charge in [-0.2, -0.15) is 0 Å². The summed E-state index contributed by atoms with van der Waals surface area (Å²) in [6.45, 7) is 9.07. The summed E-state index contributed by atoms with van der Waals surface area (Å²) in [6, 6.07) is 0. The van der Waals surface area contributed by atoms with E-state index in [1.807, 2.05) is 0 Å². The Kier molecular flexibility index (Phi) is 4.20. The minimum absolute atomic E-state index is 0.590. The SMILES string of the molecule is CCN(CC)CCC1CN(C(=O)O)C1. The largest absolute Gasteiger partial charge is 0.465 e. The van der Waals surface area contributed by atoms with Crippen LogP contribution in [0.15, 0.2) is 0 Å². The van der Waals surface area contributed by atoms with Gasteiger partial charge in [-0.3, -0.25) is 0 Å². The smallest absolute Gasteiger partial charge is 0.407 e. The normalized spacial score (nSPS) is 17.2. The molecule has 4 nitrogen and oxygen atoms in total. The lowest BCUT2D eigenvalue weighted by molar-refractivity contribution is 0.0733. The molecule has 1 saturated heterocycles. The fourth-order valence-electron chi connectivity index (χ4n) is 1.81. The van der Waals surface area contributed by atoms with Crippen molar-refractivity contribution in [3.63, 3.8) is 0 Å². The highest BCUT2D eigenvalue weighted by molar-refractivity contribution is 5.65. The Bertz CT molecular complexity index is 187. The zero-order chi connectivity index (χ0) is 10.6. The summed E-state index contributed by atoms with van der Waals surface area (Å²) in [5.74, 6) is 0.590. The fourth-order valence-corrected chi connectivity index (χ4v) is 1.81. The molecule has 1 fully saturated rings. The van der Waals surface area contributed by atoms with Crippen molar-refractivity contribution in [2.45, 2.75) is 20.3 Å². The zero-order valence-electron chi connectivity index (χ0n) is 9.07. The molecule has 1 rings (SSSR count). The van der Waals surface area contributed by atoms with E-state index >= 15 is 0 Å². The van der Waals surface area contributed by atoms with Gasteiger partial charge in [-0.1, -0.05) is 13.8 Å². The van der Waals surface area contributed by atoms with Crippen LogP contribution in [0.5, 0.6) is 0 Å². The molecule has 0 aromatic carbocycles.